The number of hydrogen-bond acceptors (Lipinski definition) is 11. The highest BCUT2D eigenvalue weighted by atomic mass is 127. The van der Waals surface area contributed by atoms with E-state index in [0.29, 0.717) is 38.5 Å². The zero-order chi connectivity index (χ0) is 32.2. The zero-order valence-corrected chi connectivity index (χ0v) is 26.9. The molecule has 14 nitrogen and oxygen atoms in total. The molecule has 1 aliphatic heterocycles. The number of urea groups is 1. The quantitative estimate of drug-likeness (QED) is 0.114. The summed E-state index contributed by atoms with van der Waals surface area (Å²) in [6.07, 6.45) is 1.42. The first-order valence-corrected chi connectivity index (χ1v) is 14.4. The van der Waals surface area contributed by atoms with Gasteiger partial charge < -0.3 is 39.1 Å². The predicted octanol–water partition coefficient (Wildman–Crippen LogP) is 2.97. The van der Waals surface area contributed by atoms with Crippen LogP contribution in [0.4, 0.5) is 4.79 Å². The fourth-order valence-corrected chi connectivity index (χ4v) is 4.80. The first kappa shape index (κ1) is 34.0. The monoisotopic (exact) mass is 724 g/mol. The van der Waals surface area contributed by atoms with Crippen molar-refractivity contribution in [2.75, 3.05) is 40.6 Å². The van der Waals surface area contributed by atoms with E-state index in [1.165, 1.54) is 20.4 Å². The van der Waals surface area contributed by atoms with Crippen LogP contribution in [0.1, 0.15) is 37.9 Å². The second kappa shape index (κ2) is 16.3. The average Bonchev–Trinajstić information content (AvgIpc) is 2.99. The molecule has 0 radical (unpaired) electrons. The van der Waals surface area contributed by atoms with Gasteiger partial charge in [0.1, 0.15) is 0 Å². The van der Waals surface area contributed by atoms with E-state index in [0.717, 1.165) is 0 Å². The summed E-state index contributed by atoms with van der Waals surface area (Å²) in [5.74, 6) is -0.313. The Morgan fingerprint density at radius 2 is 1.77 bits per heavy atom. The van der Waals surface area contributed by atoms with Crippen LogP contribution in [0.3, 0.4) is 0 Å². The number of nitrogens with zero attached hydrogens (tertiary/aromatic N) is 1. The van der Waals surface area contributed by atoms with Crippen molar-refractivity contribution in [1.82, 2.24) is 16.1 Å². The van der Waals surface area contributed by atoms with Gasteiger partial charge in [0.2, 0.25) is 0 Å². The number of methoxy groups -OCH3 is 2. The summed E-state index contributed by atoms with van der Waals surface area (Å²) in [6, 6.07) is 6.95. The molecule has 1 aliphatic rings. The largest absolute Gasteiger partial charge is 0.493 e. The second-order valence-electron chi connectivity index (χ2n) is 8.91. The van der Waals surface area contributed by atoms with Gasteiger partial charge in [-0.1, -0.05) is 6.07 Å². The number of esters is 2. The van der Waals surface area contributed by atoms with E-state index in [9.17, 15) is 19.2 Å². The summed E-state index contributed by atoms with van der Waals surface area (Å²) in [5, 5.41) is 9.28. The molecule has 44 heavy (non-hydrogen) atoms. The summed E-state index contributed by atoms with van der Waals surface area (Å²) in [7, 11) is 2.69. The van der Waals surface area contributed by atoms with Crippen LogP contribution in [0.15, 0.2) is 46.7 Å². The number of carbonyl (C=O) groups is 4. The van der Waals surface area contributed by atoms with Gasteiger partial charge in [0.05, 0.1) is 48.8 Å². The van der Waals surface area contributed by atoms with E-state index in [1.54, 1.807) is 44.2 Å². The minimum Gasteiger partial charge on any atom is -0.493 e. The summed E-state index contributed by atoms with van der Waals surface area (Å²) >= 11 is 2.04. The molecule has 3 N–H and O–H groups in total. The standard InChI is InChI=1S/C29H33IN4O10/c1-6-41-22-11-17(10-19(30)27(22)44-15-24(36)40-5)13-31-34-23(35)14-43-20-9-8-18(12-21(20)39-4)26-25(28(37)42-7-2)16(3)32-29(38)33-26/h8-13,26H,6-7,14-15H2,1-5H3,(H,34,35)(H2,32,33,38)/b31-13-/t26-/m0/s1. The molecule has 0 aromatic heterocycles. The highest BCUT2D eigenvalue weighted by molar-refractivity contribution is 14.1. The predicted molar refractivity (Wildman–Crippen MR) is 166 cm³/mol. The van der Waals surface area contributed by atoms with Crippen molar-refractivity contribution < 1.29 is 47.6 Å². The molecular weight excluding hydrogens is 691 g/mol. The number of ether oxygens (including phenoxy) is 6. The van der Waals surface area contributed by atoms with Crippen molar-refractivity contribution in [3.63, 3.8) is 0 Å². The molecule has 15 heteroatoms. The lowest BCUT2D eigenvalue weighted by atomic mass is 9.95. The summed E-state index contributed by atoms with van der Waals surface area (Å²) in [4.78, 5) is 48.7. The van der Waals surface area contributed by atoms with Crippen LogP contribution in [-0.2, 0) is 23.9 Å². The molecule has 0 fully saturated rings. The van der Waals surface area contributed by atoms with Crippen molar-refractivity contribution >= 4 is 52.7 Å². The number of amides is 3. The fraction of sp³-hybridized carbons (Fsp3) is 0.345. The topological polar surface area (TPSA) is 172 Å². The Bertz CT molecular complexity index is 1460. The second-order valence-corrected chi connectivity index (χ2v) is 10.1. The first-order valence-electron chi connectivity index (χ1n) is 13.4. The first-order chi connectivity index (χ1) is 21.1. The number of carbonyl (C=O) groups excluding carboxylic acids is 4. The molecule has 1 heterocycles. The molecule has 0 unspecified atom stereocenters. The van der Waals surface area contributed by atoms with Gasteiger partial charge >= 0.3 is 18.0 Å². The van der Waals surface area contributed by atoms with Crippen molar-refractivity contribution in [1.29, 1.82) is 0 Å². The van der Waals surface area contributed by atoms with Gasteiger partial charge in [-0.15, -0.1) is 0 Å². The van der Waals surface area contributed by atoms with E-state index in [4.69, 9.17) is 23.7 Å². The van der Waals surface area contributed by atoms with Crippen molar-refractivity contribution in [3.05, 3.63) is 56.3 Å². The third-order valence-corrected chi connectivity index (χ3v) is 6.74. The third kappa shape index (κ3) is 8.98. The molecule has 3 rings (SSSR count). The molecular formula is C29H33IN4O10. The Kier molecular flexibility index (Phi) is 12.6. The Hall–Kier alpha value is -4.54. The van der Waals surface area contributed by atoms with Gasteiger partial charge in [-0.3, -0.25) is 4.79 Å². The molecule has 236 valence electrons. The van der Waals surface area contributed by atoms with Gasteiger partial charge in [-0.2, -0.15) is 5.10 Å². The lowest BCUT2D eigenvalue weighted by Crippen LogP contribution is -2.45. The fourth-order valence-electron chi connectivity index (χ4n) is 4.02. The summed E-state index contributed by atoms with van der Waals surface area (Å²) < 4.78 is 32.7. The maximum Gasteiger partial charge on any atom is 0.343 e. The van der Waals surface area contributed by atoms with Crippen molar-refractivity contribution in [2.24, 2.45) is 5.10 Å². The molecule has 0 aliphatic carbocycles. The van der Waals surface area contributed by atoms with E-state index in [1.807, 2.05) is 29.5 Å². The Labute approximate surface area is 267 Å². The van der Waals surface area contributed by atoms with E-state index >= 15 is 0 Å². The Morgan fingerprint density at radius 1 is 1.00 bits per heavy atom. The third-order valence-electron chi connectivity index (χ3n) is 5.94. The number of benzene rings is 2. The number of rotatable bonds is 14. The van der Waals surface area contributed by atoms with Crippen LogP contribution in [-0.4, -0.2) is 70.7 Å². The molecule has 0 spiro atoms. The molecule has 2 aromatic carbocycles. The van der Waals surface area contributed by atoms with Gasteiger partial charge in [-0.25, -0.2) is 19.8 Å². The number of allylic oxidation sites excluding steroid dienone is 1. The van der Waals surface area contributed by atoms with Gasteiger partial charge in [0.15, 0.2) is 36.2 Å². The molecule has 1 atom stereocenters. The maximum absolute atomic E-state index is 12.6. The van der Waals surface area contributed by atoms with Crippen LogP contribution >= 0.6 is 22.6 Å². The van der Waals surface area contributed by atoms with Crippen LogP contribution in [0.5, 0.6) is 23.0 Å². The number of halogens is 1. The van der Waals surface area contributed by atoms with Gasteiger partial charge in [-0.05, 0) is 78.8 Å². The molecule has 0 saturated carbocycles. The minimum atomic E-state index is -0.789. The zero-order valence-electron chi connectivity index (χ0n) is 24.8. The maximum atomic E-state index is 12.6. The summed E-state index contributed by atoms with van der Waals surface area (Å²) in [6.45, 7) is 4.99. The van der Waals surface area contributed by atoms with Crippen molar-refractivity contribution in [2.45, 2.75) is 26.8 Å². The van der Waals surface area contributed by atoms with Gasteiger partial charge in [0, 0.05) is 5.70 Å². The number of hydrazone groups is 1. The molecule has 0 bridgehead atoms. The smallest absolute Gasteiger partial charge is 0.343 e. The van der Waals surface area contributed by atoms with E-state index in [-0.39, 0.29) is 36.9 Å². The van der Waals surface area contributed by atoms with Crippen LogP contribution in [0, 0.1) is 3.57 Å². The van der Waals surface area contributed by atoms with Crippen LogP contribution in [0.25, 0.3) is 0 Å². The van der Waals surface area contributed by atoms with E-state index in [2.05, 4.69) is 25.9 Å². The lowest BCUT2D eigenvalue weighted by Gasteiger charge is -2.28. The van der Waals surface area contributed by atoms with Crippen molar-refractivity contribution in [3.8, 4) is 23.0 Å². The van der Waals surface area contributed by atoms with Gasteiger partial charge in [0.25, 0.3) is 5.91 Å². The van der Waals surface area contributed by atoms with Crippen LogP contribution < -0.4 is 35.0 Å². The number of nitrogens with one attached hydrogen (secondary N) is 3. The van der Waals surface area contributed by atoms with E-state index < -0.39 is 29.9 Å². The minimum absolute atomic E-state index is 0.172. The average molecular weight is 725 g/mol. The Balaban J connectivity index is 1.67. The lowest BCUT2D eigenvalue weighted by molar-refractivity contribution is -0.143. The van der Waals surface area contributed by atoms with Crippen LogP contribution in [0.2, 0.25) is 0 Å². The molecule has 0 saturated heterocycles. The normalized spacial score (nSPS) is 14.3. The highest BCUT2D eigenvalue weighted by Crippen LogP contribution is 2.35. The Morgan fingerprint density at radius 3 is 2.45 bits per heavy atom. The SMILES string of the molecule is CCOC(=O)C1=C(C)NC(=O)N[C@H]1c1ccc(OCC(=O)N/N=C\c2cc(I)c(OCC(=O)OC)c(OCC)c2)c(OC)c1. The summed E-state index contributed by atoms with van der Waals surface area (Å²) in [5.41, 5.74) is 4.18. The number of hydrogen-bond donors (Lipinski definition) is 3. The highest BCUT2D eigenvalue weighted by Gasteiger charge is 2.32. The molecule has 2 aromatic rings. The molecule has 3 amide bonds.